The van der Waals surface area contributed by atoms with Gasteiger partial charge in [0.2, 0.25) is 0 Å². The second kappa shape index (κ2) is 10.6. The van der Waals surface area contributed by atoms with Crippen molar-refractivity contribution < 1.29 is 14.3 Å². The second-order valence-electron chi connectivity index (χ2n) is 8.97. The Labute approximate surface area is 201 Å². The Bertz CT molecular complexity index is 1070. The van der Waals surface area contributed by atoms with Gasteiger partial charge in [0.05, 0.1) is 12.2 Å². The van der Waals surface area contributed by atoms with Crippen LogP contribution in [0, 0.1) is 5.92 Å². The van der Waals surface area contributed by atoms with Crippen molar-refractivity contribution in [3.63, 3.8) is 0 Å². The summed E-state index contributed by atoms with van der Waals surface area (Å²) < 4.78 is 5.66. The molecule has 2 aromatic carbocycles. The smallest absolute Gasteiger partial charge is 0.278 e. The van der Waals surface area contributed by atoms with Crippen LogP contribution in [0.3, 0.4) is 0 Å². The molecule has 6 nitrogen and oxygen atoms in total. The van der Waals surface area contributed by atoms with Gasteiger partial charge in [0, 0.05) is 31.0 Å². The summed E-state index contributed by atoms with van der Waals surface area (Å²) in [6.45, 7) is 11.0. The maximum atomic E-state index is 13.2. The molecule has 1 saturated heterocycles. The van der Waals surface area contributed by atoms with Gasteiger partial charge in [-0.1, -0.05) is 32.1 Å². The molecule has 0 bridgehead atoms. The molecule has 0 unspecified atom stereocenters. The van der Waals surface area contributed by atoms with Crippen molar-refractivity contribution in [3.8, 4) is 5.75 Å². The van der Waals surface area contributed by atoms with Gasteiger partial charge >= 0.3 is 0 Å². The summed E-state index contributed by atoms with van der Waals surface area (Å²) in [5.41, 5.74) is 3.27. The molecule has 0 spiro atoms. The molecule has 4 rings (SSSR count). The Morgan fingerprint density at radius 2 is 1.71 bits per heavy atom. The number of piperidine rings is 1. The predicted molar refractivity (Wildman–Crippen MR) is 137 cm³/mol. The van der Waals surface area contributed by atoms with Gasteiger partial charge in [0.25, 0.3) is 11.8 Å². The fraction of sp³-hybridized carbons (Fsp3) is 0.357. The highest BCUT2D eigenvalue weighted by Crippen LogP contribution is 2.32. The molecule has 0 atom stereocenters. The minimum Gasteiger partial charge on any atom is -0.494 e. The molecule has 2 amide bonds. The zero-order chi connectivity index (χ0) is 24.1. The van der Waals surface area contributed by atoms with Gasteiger partial charge in [0.15, 0.2) is 0 Å². The van der Waals surface area contributed by atoms with Crippen LogP contribution in [0.15, 0.2) is 66.9 Å². The maximum Gasteiger partial charge on any atom is 0.278 e. The number of amides is 2. The number of benzene rings is 2. The van der Waals surface area contributed by atoms with Crippen LogP contribution < -0.4 is 15.0 Å². The molecule has 34 heavy (non-hydrogen) atoms. The minimum absolute atomic E-state index is 0.163. The van der Waals surface area contributed by atoms with Crippen LogP contribution in [-0.4, -0.2) is 43.0 Å². The van der Waals surface area contributed by atoms with E-state index in [0.717, 1.165) is 36.9 Å². The Hall–Kier alpha value is -3.54. The van der Waals surface area contributed by atoms with Gasteiger partial charge in [-0.2, -0.15) is 0 Å². The van der Waals surface area contributed by atoms with Crippen LogP contribution in [-0.2, 0) is 9.59 Å². The van der Waals surface area contributed by atoms with Crippen molar-refractivity contribution in [3.05, 3.63) is 72.4 Å². The normalized spacial score (nSPS) is 16.9. The summed E-state index contributed by atoms with van der Waals surface area (Å²) >= 11 is 0. The molecule has 0 aliphatic carbocycles. The number of imide groups is 1. The minimum atomic E-state index is -0.347. The van der Waals surface area contributed by atoms with Crippen molar-refractivity contribution >= 4 is 28.8 Å². The average molecular weight is 460 g/mol. The first-order chi connectivity index (χ1) is 16.5. The lowest BCUT2D eigenvalue weighted by Crippen LogP contribution is -2.32. The van der Waals surface area contributed by atoms with E-state index in [-0.39, 0.29) is 24.1 Å². The van der Waals surface area contributed by atoms with Gasteiger partial charge in [-0.3, -0.25) is 14.5 Å². The van der Waals surface area contributed by atoms with E-state index < -0.39 is 0 Å². The molecule has 2 heterocycles. The number of rotatable bonds is 9. The van der Waals surface area contributed by atoms with Crippen molar-refractivity contribution in [1.29, 1.82) is 0 Å². The third-order valence-corrected chi connectivity index (χ3v) is 6.38. The Balaban J connectivity index is 1.59. The van der Waals surface area contributed by atoms with Gasteiger partial charge in [-0.05, 0) is 67.1 Å². The molecule has 1 fully saturated rings. The molecular weight excluding hydrogens is 426 g/mol. The standard InChI is InChI=1S/C28H33N3O3/c1-4-16-31-27(32)25(21-6-12-24(13-7-21)34-19-5-2)26(28(31)33)29-22-8-10-23(11-9-22)30-17-14-20(3)15-18-30/h4,6-13,20,29H,1,5,14-19H2,2-3H3. The number of anilines is 2. The summed E-state index contributed by atoms with van der Waals surface area (Å²) in [7, 11) is 0. The van der Waals surface area contributed by atoms with Crippen molar-refractivity contribution in [2.45, 2.75) is 33.1 Å². The number of ether oxygens (including phenoxy) is 1. The van der Waals surface area contributed by atoms with E-state index in [4.69, 9.17) is 4.74 Å². The van der Waals surface area contributed by atoms with Crippen LogP contribution in [0.1, 0.15) is 38.7 Å². The highest BCUT2D eigenvalue weighted by Gasteiger charge is 2.38. The van der Waals surface area contributed by atoms with Crippen molar-refractivity contribution in [2.75, 3.05) is 36.5 Å². The Morgan fingerprint density at radius 1 is 1.03 bits per heavy atom. The number of nitrogens with zero attached hydrogens (tertiary/aromatic N) is 2. The van der Waals surface area contributed by atoms with E-state index in [9.17, 15) is 9.59 Å². The lowest BCUT2D eigenvalue weighted by Gasteiger charge is -2.32. The van der Waals surface area contributed by atoms with E-state index in [1.54, 1.807) is 6.08 Å². The Kier molecular flexibility index (Phi) is 7.36. The van der Waals surface area contributed by atoms with Gasteiger partial charge < -0.3 is 15.0 Å². The lowest BCUT2D eigenvalue weighted by molar-refractivity contribution is -0.136. The molecular formula is C28H33N3O3. The molecule has 2 aliphatic rings. The molecule has 2 aliphatic heterocycles. The zero-order valence-corrected chi connectivity index (χ0v) is 20.0. The SMILES string of the molecule is C=CCN1C(=O)C(Nc2ccc(N3CCC(C)CC3)cc2)=C(c2ccc(OCCC)cc2)C1=O. The maximum absolute atomic E-state index is 13.2. The van der Waals surface area contributed by atoms with Crippen LogP contribution >= 0.6 is 0 Å². The van der Waals surface area contributed by atoms with Crippen LogP contribution in [0.5, 0.6) is 5.75 Å². The first-order valence-electron chi connectivity index (χ1n) is 12.1. The zero-order valence-electron chi connectivity index (χ0n) is 20.0. The number of carbonyl (C=O) groups excluding carboxylic acids is 2. The molecule has 0 saturated carbocycles. The Morgan fingerprint density at radius 3 is 2.32 bits per heavy atom. The van der Waals surface area contributed by atoms with Crippen LogP contribution in [0.4, 0.5) is 11.4 Å². The van der Waals surface area contributed by atoms with E-state index in [1.165, 1.54) is 23.4 Å². The predicted octanol–water partition coefficient (Wildman–Crippen LogP) is 5.09. The number of hydrogen-bond acceptors (Lipinski definition) is 5. The number of hydrogen-bond donors (Lipinski definition) is 1. The fourth-order valence-electron chi connectivity index (χ4n) is 4.36. The van der Waals surface area contributed by atoms with Gasteiger partial charge in [0.1, 0.15) is 11.4 Å². The van der Waals surface area contributed by atoms with Crippen molar-refractivity contribution in [1.82, 2.24) is 4.90 Å². The summed E-state index contributed by atoms with van der Waals surface area (Å²) in [5, 5.41) is 3.23. The number of carbonyl (C=O) groups is 2. The topological polar surface area (TPSA) is 61.9 Å². The van der Waals surface area contributed by atoms with E-state index >= 15 is 0 Å². The molecule has 2 aromatic rings. The summed E-state index contributed by atoms with van der Waals surface area (Å²) in [5.74, 6) is 0.844. The van der Waals surface area contributed by atoms with E-state index in [2.05, 4.69) is 35.9 Å². The first-order valence-corrected chi connectivity index (χ1v) is 12.1. The first kappa shape index (κ1) is 23.6. The molecule has 6 heteroatoms. The van der Waals surface area contributed by atoms with Gasteiger partial charge in [-0.25, -0.2) is 0 Å². The van der Waals surface area contributed by atoms with E-state index in [0.29, 0.717) is 17.7 Å². The summed E-state index contributed by atoms with van der Waals surface area (Å²) in [6.07, 6.45) is 4.88. The molecule has 0 radical (unpaired) electrons. The quantitative estimate of drug-likeness (QED) is 0.418. The lowest BCUT2D eigenvalue weighted by atomic mass is 9.99. The van der Waals surface area contributed by atoms with Crippen molar-refractivity contribution in [2.24, 2.45) is 5.92 Å². The van der Waals surface area contributed by atoms with E-state index in [1.807, 2.05) is 43.3 Å². The molecule has 178 valence electrons. The summed E-state index contributed by atoms with van der Waals surface area (Å²) in [4.78, 5) is 29.9. The van der Waals surface area contributed by atoms with Crippen LogP contribution in [0.25, 0.3) is 5.57 Å². The molecule has 0 aromatic heterocycles. The highest BCUT2D eigenvalue weighted by molar-refractivity contribution is 6.36. The third-order valence-electron chi connectivity index (χ3n) is 6.38. The number of nitrogens with one attached hydrogen (secondary N) is 1. The molecule has 1 N–H and O–H groups in total. The summed E-state index contributed by atoms with van der Waals surface area (Å²) in [6, 6.07) is 15.4. The van der Waals surface area contributed by atoms with Crippen LogP contribution in [0.2, 0.25) is 0 Å². The van der Waals surface area contributed by atoms with Gasteiger partial charge in [-0.15, -0.1) is 6.58 Å². The highest BCUT2D eigenvalue weighted by atomic mass is 16.5. The fourth-order valence-corrected chi connectivity index (χ4v) is 4.36. The second-order valence-corrected chi connectivity index (χ2v) is 8.97. The third kappa shape index (κ3) is 5.01. The monoisotopic (exact) mass is 459 g/mol. The average Bonchev–Trinajstić information content (AvgIpc) is 3.08. The largest absolute Gasteiger partial charge is 0.494 e.